The lowest BCUT2D eigenvalue weighted by Gasteiger charge is -2.27. The number of fused-ring (bicyclic) bond motifs is 1. The maximum atomic E-state index is 5.89. The van der Waals surface area contributed by atoms with E-state index in [9.17, 15) is 0 Å². The van der Waals surface area contributed by atoms with Crippen molar-refractivity contribution >= 4 is 5.69 Å². The second-order valence-corrected chi connectivity index (χ2v) is 4.91. The fourth-order valence-corrected chi connectivity index (χ4v) is 2.62. The topological polar surface area (TPSA) is 47.3 Å². The third-order valence-corrected chi connectivity index (χ3v) is 3.54. The van der Waals surface area contributed by atoms with Crippen LogP contribution in [-0.4, -0.2) is 19.8 Å². The minimum Gasteiger partial charge on any atom is -0.399 e. The lowest BCUT2D eigenvalue weighted by atomic mass is 9.87. The minimum atomic E-state index is 0.471. The van der Waals surface area contributed by atoms with E-state index in [1.807, 2.05) is 13.0 Å². The first kappa shape index (κ1) is 13.4. The number of rotatable bonds is 6. The molecule has 0 fully saturated rings. The van der Waals surface area contributed by atoms with Gasteiger partial charge in [-0.25, -0.2) is 0 Å². The molecule has 0 aliphatic heterocycles. The van der Waals surface area contributed by atoms with Crippen molar-refractivity contribution in [2.45, 2.75) is 38.6 Å². The predicted molar refractivity (Wildman–Crippen MR) is 75.6 cm³/mol. The van der Waals surface area contributed by atoms with Crippen LogP contribution in [0.3, 0.4) is 0 Å². The molecular formula is C15H24N2O. The first-order valence-electron chi connectivity index (χ1n) is 7.00. The van der Waals surface area contributed by atoms with Gasteiger partial charge in [0.25, 0.3) is 0 Å². The van der Waals surface area contributed by atoms with Crippen molar-refractivity contribution in [3.63, 3.8) is 0 Å². The summed E-state index contributed by atoms with van der Waals surface area (Å²) in [6.45, 7) is 4.70. The van der Waals surface area contributed by atoms with E-state index in [4.69, 9.17) is 10.5 Å². The van der Waals surface area contributed by atoms with Crippen LogP contribution in [0.2, 0.25) is 0 Å². The fraction of sp³-hybridized carbons (Fsp3) is 0.600. The van der Waals surface area contributed by atoms with E-state index in [0.717, 1.165) is 31.9 Å². The molecule has 100 valence electrons. The molecule has 3 heteroatoms. The normalized spacial score (nSPS) is 18.6. The first-order valence-corrected chi connectivity index (χ1v) is 7.00. The van der Waals surface area contributed by atoms with Gasteiger partial charge in [0.15, 0.2) is 0 Å². The Morgan fingerprint density at radius 1 is 1.44 bits per heavy atom. The summed E-state index contributed by atoms with van der Waals surface area (Å²) >= 11 is 0. The number of benzene rings is 1. The molecule has 0 saturated heterocycles. The van der Waals surface area contributed by atoms with Crippen molar-refractivity contribution in [1.82, 2.24) is 5.32 Å². The van der Waals surface area contributed by atoms with E-state index in [0.29, 0.717) is 6.04 Å². The molecule has 1 aliphatic carbocycles. The summed E-state index contributed by atoms with van der Waals surface area (Å²) in [5.41, 5.74) is 9.62. The molecule has 1 atom stereocenters. The molecule has 1 unspecified atom stereocenters. The fourth-order valence-electron chi connectivity index (χ4n) is 2.62. The minimum absolute atomic E-state index is 0.471. The molecule has 1 aromatic rings. The summed E-state index contributed by atoms with van der Waals surface area (Å²) < 4.78 is 5.35. The average molecular weight is 248 g/mol. The van der Waals surface area contributed by atoms with Crippen molar-refractivity contribution in [1.29, 1.82) is 0 Å². The summed E-state index contributed by atoms with van der Waals surface area (Å²) in [7, 11) is 0. The van der Waals surface area contributed by atoms with Crippen LogP contribution in [0.5, 0.6) is 0 Å². The highest BCUT2D eigenvalue weighted by Gasteiger charge is 2.19. The second-order valence-electron chi connectivity index (χ2n) is 4.91. The molecule has 1 aliphatic rings. The molecule has 0 saturated carbocycles. The molecule has 0 bridgehead atoms. The molecule has 3 nitrogen and oxygen atoms in total. The van der Waals surface area contributed by atoms with Crippen LogP contribution in [0.15, 0.2) is 18.2 Å². The standard InChI is InChI=1S/C15H24N2O/c1-2-18-10-4-9-17-15-6-3-5-12-7-8-13(16)11-14(12)15/h7-8,11,15,17H,2-6,9-10,16H2,1H3. The van der Waals surface area contributed by atoms with Gasteiger partial charge in [-0.2, -0.15) is 0 Å². The smallest absolute Gasteiger partial charge is 0.0477 e. The Hall–Kier alpha value is -1.06. The summed E-state index contributed by atoms with van der Waals surface area (Å²) in [5.74, 6) is 0. The summed E-state index contributed by atoms with van der Waals surface area (Å²) in [5, 5.41) is 3.63. The largest absolute Gasteiger partial charge is 0.399 e. The van der Waals surface area contributed by atoms with Crippen molar-refractivity contribution in [2.24, 2.45) is 0 Å². The zero-order valence-electron chi connectivity index (χ0n) is 11.2. The van der Waals surface area contributed by atoms with Crippen molar-refractivity contribution in [3.8, 4) is 0 Å². The van der Waals surface area contributed by atoms with Gasteiger partial charge >= 0.3 is 0 Å². The van der Waals surface area contributed by atoms with Crippen LogP contribution in [0.25, 0.3) is 0 Å². The zero-order valence-corrected chi connectivity index (χ0v) is 11.2. The monoisotopic (exact) mass is 248 g/mol. The Bertz CT molecular complexity index is 379. The maximum absolute atomic E-state index is 5.89. The van der Waals surface area contributed by atoms with Gasteiger partial charge in [-0.15, -0.1) is 0 Å². The highest BCUT2D eigenvalue weighted by atomic mass is 16.5. The highest BCUT2D eigenvalue weighted by molar-refractivity contribution is 5.46. The summed E-state index contributed by atoms with van der Waals surface area (Å²) in [6.07, 6.45) is 4.74. The number of aryl methyl sites for hydroxylation is 1. The molecule has 3 N–H and O–H groups in total. The van der Waals surface area contributed by atoms with Gasteiger partial charge in [0, 0.05) is 24.9 Å². The summed E-state index contributed by atoms with van der Waals surface area (Å²) in [6, 6.07) is 6.79. The predicted octanol–water partition coefficient (Wildman–Crippen LogP) is 2.66. The van der Waals surface area contributed by atoms with Crippen LogP contribution in [0, 0.1) is 0 Å². The number of hydrogen-bond acceptors (Lipinski definition) is 3. The number of hydrogen-bond donors (Lipinski definition) is 2. The van der Waals surface area contributed by atoms with Crippen molar-refractivity contribution in [3.05, 3.63) is 29.3 Å². The van der Waals surface area contributed by atoms with Crippen molar-refractivity contribution < 1.29 is 4.74 Å². The Morgan fingerprint density at radius 2 is 2.33 bits per heavy atom. The lowest BCUT2D eigenvalue weighted by Crippen LogP contribution is -2.26. The molecular weight excluding hydrogens is 224 g/mol. The Labute approximate surface area is 110 Å². The number of nitrogen functional groups attached to an aromatic ring is 1. The molecule has 0 aromatic heterocycles. The van der Waals surface area contributed by atoms with Crippen LogP contribution < -0.4 is 11.1 Å². The molecule has 0 amide bonds. The Morgan fingerprint density at radius 3 is 3.17 bits per heavy atom. The third-order valence-electron chi connectivity index (χ3n) is 3.54. The van der Waals surface area contributed by atoms with Gasteiger partial charge in [0.1, 0.15) is 0 Å². The van der Waals surface area contributed by atoms with Gasteiger partial charge < -0.3 is 15.8 Å². The molecule has 0 heterocycles. The lowest BCUT2D eigenvalue weighted by molar-refractivity contribution is 0.144. The SMILES string of the molecule is CCOCCCNC1CCCc2ccc(N)cc21. The average Bonchev–Trinajstić information content (AvgIpc) is 2.39. The number of nitrogens with one attached hydrogen (secondary N) is 1. The zero-order chi connectivity index (χ0) is 12.8. The van der Waals surface area contributed by atoms with Crippen LogP contribution in [0.1, 0.15) is 43.4 Å². The van der Waals surface area contributed by atoms with Crippen molar-refractivity contribution in [2.75, 3.05) is 25.5 Å². The third kappa shape index (κ3) is 3.47. The van der Waals surface area contributed by atoms with Gasteiger partial charge in [-0.1, -0.05) is 6.07 Å². The highest BCUT2D eigenvalue weighted by Crippen LogP contribution is 2.30. The number of ether oxygens (including phenoxy) is 1. The van der Waals surface area contributed by atoms with E-state index in [1.54, 1.807) is 0 Å². The number of nitrogens with two attached hydrogens (primary N) is 1. The number of anilines is 1. The van der Waals surface area contributed by atoms with Crippen LogP contribution in [-0.2, 0) is 11.2 Å². The van der Waals surface area contributed by atoms with E-state index in [2.05, 4.69) is 17.4 Å². The molecule has 18 heavy (non-hydrogen) atoms. The maximum Gasteiger partial charge on any atom is 0.0477 e. The van der Waals surface area contributed by atoms with Gasteiger partial charge in [-0.05, 0) is 62.4 Å². The van der Waals surface area contributed by atoms with Gasteiger partial charge in [0.2, 0.25) is 0 Å². The summed E-state index contributed by atoms with van der Waals surface area (Å²) in [4.78, 5) is 0. The molecule has 0 spiro atoms. The van der Waals surface area contributed by atoms with E-state index >= 15 is 0 Å². The van der Waals surface area contributed by atoms with Gasteiger partial charge in [-0.3, -0.25) is 0 Å². The van der Waals surface area contributed by atoms with E-state index < -0.39 is 0 Å². The van der Waals surface area contributed by atoms with Crippen LogP contribution in [0.4, 0.5) is 5.69 Å². The van der Waals surface area contributed by atoms with Crippen LogP contribution >= 0.6 is 0 Å². The molecule has 2 rings (SSSR count). The Balaban J connectivity index is 1.89. The van der Waals surface area contributed by atoms with E-state index in [-0.39, 0.29) is 0 Å². The second kappa shape index (κ2) is 6.76. The molecule has 1 aromatic carbocycles. The molecule has 0 radical (unpaired) electrons. The Kier molecular flexibility index (Phi) is 5.02. The first-order chi connectivity index (χ1) is 8.81. The quantitative estimate of drug-likeness (QED) is 0.601. The van der Waals surface area contributed by atoms with Gasteiger partial charge in [0.05, 0.1) is 0 Å². The van der Waals surface area contributed by atoms with E-state index in [1.165, 1.54) is 30.4 Å².